The van der Waals surface area contributed by atoms with Gasteiger partial charge in [-0.15, -0.1) is 0 Å². The number of hydrogen-bond donors (Lipinski definition) is 2. The summed E-state index contributed by atoms with van der Waals surface area (Å²) in [5.74, 6) is 5.96. The van der Waals surface area contributed by atoms with Gasteiger partial charge in [-0.05, 0) is 40.2 Å². The summed E-state index contributed by atoms with van der Waals surface area (Å²) in [4.78, 5) is 0. The van der Waals surface area contributed by atoms with Crippen LogP contribution in [0.25, 0.3) is 0 Å². The number of thioether (sulfide) groups is 1. The van der Waals surface area contributed by atoms with Gasteiger partial charge in [0.2, 0.25) is 0 Å². The van der Waals surface area contributed by atoms with Crippen molar-refractivity contribution in [2.75, 3.05) is 11.5 Å². The number of nitrogens with one attached hydrogen (secondary N) is 1. The summed E-state index contributed by atoms with van der Waals surface area (Å²) >= 11 is 4.72. The minimum absolute atomic E-state index is 0.0685. The third-order valence-corrected chi connectivity index (χ3v) is 4.01. The molecule has 1 rings (SSSR count). The van der Waals surface area contributed by atoms with Crippen LogP contribution in [0.5, 0.6) is 0 Å². The molecule has 3 N–H and O–H groups in total. The van der Waals surface area contributed by atoms with E-state index in [0.29, 0.717) is 0 Å². The Kier molecular flexibility index (Phi) is 6.40. The maximum absolute atomic E-state index is 13.7. The van der Waals surface area contributed by atoms with E-state index in [1.165, 1.54) is 12.1 Å². The van der Waals surface area contributed by atoms with Crippen LogP contribution in [0.3, 0.4) is 0 Å². The van der Waals surface area contributed by atoms with Crippen molar-refractivity contribution in [2.45, 2.75) is 19.4 Å². The fourth-order valence-corrected chi connectivity index (χ4v) is 2.53. The van der Waals surface area contributed by atoms with Crippen LogP contribution < -0.4 is 11.3 Å². The van der Waals surface area contributed by atoms with Crippen LogP contribution in [0.4, 0.5) is 8.78 Å². The molecule has 6 heteroatoms. The quantitative estimate of drug-likeness (QED) is 0.480. The topological polar surface area (TPSA) is 38.0 Å². The summed E-state index contributed by atoms with van der Waals surface area (Å²) in [6.07, 6.45) is 0.237. The molecule has 17 heavy (non-hydrogen) atoms. The molecular formula is C11H15BrF2N2S. The van der Waals surface area contributed by atoms with Gasteiger partial charge in [-0.2, -0.15) is 11.8 Å². The molecule has 0 aliphatic rings. The van der Waals surface area contributed by atoms with Gasteiger partial charge in [0.25, 0.3) is 0 Å². The molecule has 0 amide bonds. The van der Waals surface area contributed by atoms with E-state index < -0.39 is 11.6 Å². The highest BCUT2D eigenvalue weighted by molar-refractivity contribution is 9.10. The minimum Gasteiger partial charge on any atom is -0.271 e. The number of hydrazine groups is 1. The molecule has 1 atom stereocenters. The van der Waals surface area contributed by atoms with Crippen LogP contribution in [0, 0.1) is 11.6 Å². The van der Waals surface area contributed by atoms with Crippen LogP contribution in [0.1, 0.15) is 12.5 Å². The Morgan fingerprint density at radius 3 is 2.76 bits per heavy atom. The normalized spacial score (nSPS) is 12.8. The second-order valence-electron chi connectivity index (χ2n) is 3.55. The predicted molar refractivity (Wildman–Crippen MR) is 71.9 cm³/mol. The van der Waals surface area contributed by atoms with Gasteiger partial charge in [-0.1, -0.05) is 6.92 Å². The van der Waals surface area contributed by atoms with Crippen molar-refractivity contribution in [1.82, 2.24) is 5.43 Å². The minimum atomic E-state index is -0.549. The van der Waals surface area contributed by atoms with E-state index in [-0.39, 0.29) is 22.5 Å². The molecule has 0 spiro atoms. The van der Waals surface area contributed by atoms with Crippen molar-refractivity contribution >= 4 is 27.7 Å². The Balaban J connectivity index is 2.81. The van der Waals surface area contributed by atoms with Crippen LogP contribution in [0.2, 0.25) is 0 Å². The molecule has 0 aliphatic heterocycles. The molecule has 96 valence electrons. The van der Waals surface area contributed by atoms with Gasteiger partial charge in [-0.3, -0.25) is 11.3 Å². The van der Waals surface area contributed by atoms with Gasteiger partial charge >= 0.3 is 0 Å². The SMILES string of the molecule is CCSCC(Cc1c(F)ccc(Br)c1F)NN. The van der Waals surface area contributed by atoms with Gasteiger partial charge < -0.3 is 0 Å². The van der Waals surface area contributed by atoms with Crippen molar-refractivity contribution in [3.63, 3.8) is 0 Å². The lowest BCUT2D eigenvalue weighted by atomic mass is 10.1. The van der Waals surface area contributed by atoms with E-state index in [0.717, 1.165) is 11.5 Å². The lowest BCUT2D eigenvalue weighted by molar-refractivity contribution is 0.509. The molecule has 1 aromatic carbocycles. The molecule has 0 heterocycles. The first-order chi connectivity index (χ1) is 8.10. The highest BCUT2D eigenvalue weighted by atomic mass is 79.9. The number of rotatable bonds is 6. The van der Waals surface area contributed by atoms with E-state index >= 15 is 0 Å². The standard InChI is InChI=1S/C11H15BrF2N2S/c1-2-17-6-7(16-15)5-8-10(13)4-3-9(12)11(8)14/h3-4,7,16H,2,5-6,15H2,1H3. The largest absolute Gasteiger partial charge is 0.271 e. The zero-order valence-corrected chi connectivity index (χ0v) is 11.9. The van der Waals surface area contributed by atoms with Crippen LogP contribution in [-0.4, -0.2) is 17.5 Å². The van der Waals surface area contributed by atoms with E-state index in [9.17, 15) is 8.78 Å². The van der Waals surface area contributed by atoms with Crippen molar-refractivity contribution in [3.05, 3.63) is 33.8 Å². The van der Waals surface area contributed by atoms with Crippen molar-refractivity contribution in [3.8, 4) is 0 Å². The van der Waals surface area contributed by atoms with Crippen LogP contribution in [0.15, 0.2) is 16.6 Å². The average Bonchev–Trinajstić information content (AvgIpc) is 2.33. The summed E-state index contributed by atoms with van der Waals surface area (Å²) in [5, 5.41) is 0. The van der Waals surface area contributed by atoms with E-state index in [2.05, 4.69) is 21.4 Å². The molecule has 1 unspecified atom stereocenters. The highest BCUT2D eigenvalue weighted by Gasteiger charge is 2.16. The number of hydrogen-bond acceptors (Lipinski definition) is 3. The molecule has 0 radical (unpaired) electrons. The fraction of sp³-hybridized carbons (Fsp3) is 0.455. The molecule has 0 aromatic heterocycles. The first-order valence-electron chi connectivity index (χ1n) is 5.26. The van der Waals surface area contributed by atoms with Crippen molar-refractivity contribution in [2.24, 2.45) is 5.84 Å². The van der Waals surface area contributed by atoms with Crippen molar-refractivity contribution < 1.29 is 8.78 Å². The second-order valence-corrected chi connectivity index (χ2v) is 5.72. The Labute approximate surface area is 112 Å². The maximum atomic E-state index is 13.7. The van der Waals surface area contributed by atoms with E-state index in [1.54, 1.807) is 11.8 Å². The van der Waals surface area contributed by atoms with Gasteiger partial charge in [0.05, 0.1) is 4.47 Å². The number of benzene rings is 1. The third kappa shape index (κ3) is 4.21. The summed E-state index contributed by atoms with van der Waals surface area (Å²) in [6.45, 7) is 2.03. The monoisotopic (exact) mass is 324 g/mol. The van der Waals surface area contributed by atoms with Gasteiger partial charge in [-0.25, -0.2) is 8.78 Å². The number of nitrogens with two attached hydrogens (primary N) is 1. The Morgan fingerprint density at radius 1 is 1.47 bits per heavy atom. The predicted octanol–water partition coefficient (Wildman–Crippen LogP) is 2.85. The average molecular weight is 325 g/mol. The zero-order valence-electron chi connectivity index (χ0n) is 9.47. The van der Waals surface area contributed by atoms with Gasteiger partial charge in [0, 0.05) is 17.4 Å². The highest BCUT2D eigenvalue weighted by Crippen LogP contribution is 2.23. The van der Waals surface area contributed by atoms with Gasteiger partial charge in [0.1, 0.15) is 11.6 Å². The molecule has 0 fully saturated rings. The summed E-state index contributed by atoms with van der Waals surface area (Å²) < 4.78 is 27.5. The Hall–Kier alpha value is -0.170. The Bertz CT molecular complexity index is 377. The molecule has 1 aromatic rings. The molecule has 0 aliphatic carbocycles. The Morgan fingerprint density at radius 2 is 2.18 bits per heavy atom. The van der Waals surface area contributed by atoms with E-state index in [4.69, 9.17) is 5.84 Å². The lowest BCUT2D eigenvalue weighted by Gasteiger charge is -2.16. The first kappa shape index (κ1) is 14.9. The summed E-state index contributed by atoms with van der Waals surface area (Å²) in [6, 6.07) is 2.47. The summed E-state index contributed by atoms with van der Waals surface area (Å²) in [7, 11) is 0. The first-order valence-corrected chi connectivity index (χ1v) is 7.21. The molecule has 0 saturated carbocycles. The summed E-state index contributed by atoms with van der Waals surface area (Å²) in [5.41, 5.74) is 2.66. The second kappa shape index (κ2) is 7.31. The molecule has 0 saturated heterocycles. The maximum Gasteiger partial charge on any atom is 0.143 e. The van der Waals surface area contributed by atoms with E-state index in [1.807, 2.05) is 6.92 Å². The van der Waals surface area contributed by atoms with Gasteiger partial charge in [0.15, 0.2) is 0 Å². The van der Waals surface area contributed by atoms with Crippen LogP contribution >= 0.6 is 27.7 Å². The molecular weight excluding hydrogens is 310 g/mol. The molecule has 0 bridgehead atoms. The zero-order chi connectivity index (χ0) is 12.8. The number of halogens is 3. The smallest absolute Gasteiger partial charge is 0.143 e. The lowest BCUT2D eigenvalue weighted by Crippen LogP contribution is -2.39. The third-order valence-electron chi connectivity index (χ3n) is 2.35. The fourth-order valence-electron chi connectivity index (χ4n) is 1.43. The van der Waals surface area contributed by atoms with Crippen LogP contribution in [-0.2, 0) is 6.42 Å². The van der Waals surface area contributed by atoms with Crippen molar-refractivity contribution in [1.29, 1.82) is 0 Å². The molecule has 2 nitrogen and oxygen atoms in total.